The Morgan fingerprint density at radius 2 is 2.28 bits per heavy atom. The molecule has 25 heavy (non-hydrogen) atoms. The number of imidazole rings is 1. The number of aromatic nitrogens is 2. The lowest BCUT2D eigenvalue weighted by Crippen LogP contribution is -2.42. The van der Waals surface area contributed by atoms with Crippen molar-refractivity contribution >= 4 is 0 Å². The highest BCUT2D eigenvalue weighted by Gasteiger charge is 2.34. The third kappa shape index (κ3) is 4.81. The van der Waals surface area contributed by atoms with Gasteiger partial charge in [-0.3, -0.25) is 9.80 Å². The number of H-pyrrole nitrogens is 1. The van der Waals surface area contributed by atoms with E-state index < -0.39 is 0 Å². The summed E-state index contributed by atoms with van der Waals surface area (Å²) in [5.41, 5.74) is 1.28. The van der Waals surface area contributed by atoms with Gasteiger partial charge in [-0.1, -0.05) is 19.1 Å². The SMILES string of the molecule is CCc1cccc(OCCN(C)[C@H]2CN(Cc3ncc[nH]3)C[C@@H]2O)c1. The predicted octanol–water partition coefficient (Wildman–Crippen LogP) is 1.53. The van der Waals surface area contributed by atoms with Gasteiger partial charge < -0.3 is 14.8 Å². The van der Waals surface area contributed by atoms with Gasteiger partial charge in [-0.05, 0) is 31.2 Å². The van der Waals surface area contributed by atoms with Crippen LogP contribution >= 0.6 is 0 Å². The fourth-order valence-corrected chi connectivity index (χ4v) is 3.33. The molecule has 1 aromatic carbocycles. The van der Waals surface area contributed by atoms with Gasteiger partial charge in [0.05, 0.1) is 12.6 Å². The average molecular weight is 344 g/mol. The Morgan fingerprint density at radius 1 is 1.40 bits per heavy atom. The van der Waals surface area contributed by atoms with E-state index in [9.17, 15) is 5.11 Å². The second-order valence-electron chi connectivity index (χ2n) is 6.69. The molecule has 2 N–H and O–H groups in total. The zero-order valence-corrected chi connectivity index (χ0v) is 15.1. The maximum Gasteiger partial charge on any atom is 0.120 e. The molecular formula is C19H28N4O2. The van der Waals surface area contributed by atoms with Crippen molar-refractivity contribution in [3.63, 3.8) is 0 Å². The van der Waals surface area contributed by atoms with Crippen molar-refractivity contribution in [1.82, 2.24) is 19.8 Å². The summed E-state index contributed by atoms with van der Waals surface area (Å²) in [6.07, 6.45) is 4.26. The number of benzene rings is 1. The number of β-amino-alcohol motifs (C(OH)–C–C–N with tert-alkyl or cyclic N) is 1. The quantitative estimate of drug-likeness (QED) is 0.760. The van der Waals surface area contributed by atoms with Crippen molar-refractivity contribution in [3.8, 4) is 5.75 Å². The second kappa shape index (κ2) is 8.47. The molecule has 1 fully saturated rings. The number of nitrogens with zero attached hydrogens (tertiary/aromatic N) is 3. The summed E-state index contributed by atoms with van der Waals surface area (Å²) in [5.74, 6) is 1.86. The normalized spacial score (nSPS) is 21.1. The van der Waals surface area contributed by atoms with Crippen LogP contribution in [-0.4, -0.2) is 70.3 Å². The predicted molar refractivity (Wildman–Crippen MR) is 97.6 cm³/mol. The fraction of sp³-hybridized carbons (Fsp3) is 0.526. The van der Waals surface area contributed by atoms with Gasteiger partial charge in [-0.25, -0.2) is 4.98 Å². The molecule has 2 aromatic rings. The van der Waals surface area contributed by atoms with Crippen molar-refractivity contribution in [2.24, 2.45) is 0 Å². The van der Waals surface area contributed by atoms with E-state index in [1.807, 2.05) is 18.3 Å². The van der Waals surface area contributed by atoms with Crippen LogP contribution in [-0.2, 0) is 13.0 Å². The van der Waals surface area contributed by atoms with Crippen molar-refractivity contribution in [2.75, 3.05) is 33.3 Å². The van der Waals surface area contributed by atoms with Crippen LogP contribution in [0.25, 0.3) is 0 Å². The van der Waals surface area contributed by atoms with Gasteiger partial charge in [0.2, 0.25) is 0 Å². The summed E-state index contributed by atoms with van der Waals surface area (Å²) in [4.78, 5) is 11.8. The molecule has 0 amide bonds. The standard InChI is InChI=1S/C19H28N4O2/c1-3-15-5-4-6-16(11-15)25-10-9-22(2)17-12-23(13-18(17)24)14-19-20-7-8-21-19/h4-8,11,17-18,24H,3,9-10,12-14H2,1-2H3,(H,20,21)/t17-,18-/m0/s1. The molecule has 0 unspecified atom stereocenters. The molecule has 2 heterocycles. The van der Waals surface area contributed by atoms with Crippen molar-refractivity contribution in [1.29, 1.82) is 0 Å². The summed E-state index contributed by atoms with van der Waals surface area (Å²) in [6, 6.07) is 8.36. The number of rotatable bonds is 8. The monoisotopic (exact) mass is 344 g/mol. The van der Waals surface area contributed by atoms with Gasteiger partial charge in [0.15, 0.2) is 0 Å². The topological polar surface area (TPSA) is 64.6 Å². The molecule has 0 saturated carbocycles. The zero-order valence-electron chi connectivity index (χ0n) is 15.1. The summed E-state index contributed by atoms with van der Waals surface area (Å²) in [5, 5.41) is 10.4. The Balaban J connectivity index is 1.45. The van der Waals surface area contributed by atoms with Crippen LogP contribution in [0.4, 0.5) is 0 Å². The van der Waals surface area contributed by atoms with Crippen molar-refractivity contribution in [3.05, 3.63) is 48.0 Å². The van der Waals surface area contributed by atoms with Crippen LogP contribution in [0.1, 0.15) is 18.3 Å². The van der Waals surface area contributed by atoms with E-state index in [1.54, 1.807) is 6.20 Å². The Morgan fingerprint density at radius 3 is 3.04 bits per heavy atom. The number of likely N-dealkylation sites (N-methyl/N-ethyl adjacent to an activating group) is 1. The van der Waals surface area contributed by atoms with Crippen molar-refractivity contribution in [2.45, 2.75) is 32.0 Å². The van der Waals surface area contributed by atoms with Gasteiger partial charge in [0, 0.05) is 38.1 Å². The number of likely N-dealkylation sites (tertiary alicyclic amines) is 1. The number of aryl methyl sites for hydroxylation is 1. The molecule has 2 atom stereocenters. The lowest BCUT2D eigenvalue weighted by molar-refractivity contribution is 0.0898. The Labute approximate surface area is 149 Å². The van der Waals surface area contributed by atoms with E-state index in [-0.39, 0.29) is 12.1 Å². The maximum absolute atomic E-state index is 10.4. The number of aromatic amines is 1. The fourth-order valence-electron chi connectivity index (χ4n) is 3.33. The van der Waals surface area contributed by atoms with E-state index in [2.05, 4.69) is 45.9 Å². The van der Waals surface area contributed by atoms with E-state index in [4.69, 9.17) is 4.74 Å². The van der Waals surface area contributed by atoms with E-state index in [0.717, 1.165) is 37.6 Å². The lowest BCUT2D eigenvalue weighted by atomic mass is 10.2. The first-order chi connectivity index (χ1) is 12.2. The largest absolute Gasteiger partial charge is 0.492 e. The minimum Gasteiger partial charge on any atom is -0.492 e. The Kier molecular flexibility index (Phi) is 6.07. The number of ether oxygens (including phenoxy) is 1. The molecular weight excluding hydrogens is 316 g/mol. The second-order valence-corrected chi connectivity index (χ2v) is 6.69. The minimum absolute atomic E-state index is 0.125. The maximum atomic E-state index is 10.4. The Bertz CT molecular complexity index is 647. The smallest absolute Gasteiger partial charge is 0.120 e. The summed E-state index contributed by atoms with van der Waals surface area (Å²) >= 11 is 0. The highest BCUT2D eigenvalue weighted by molar-refractivity contribution is 5.28. The highest BCUT2D eigenvalue weighted by Crippen LogP contribution is 2.18. The zero-order chi connectivity index (χ0) is 17.6. The van der Waals surface area contributed by atoms with Crippen LogP contribution in [0.15, 0.2) is 36.7 Å². The molecule has 6 heteroatoms. The molecule has 0 aliphatic carbocycles. The molecule has 0 bridgehead atoms. The molecule has 136 valence electrons. The first-order valence-corrected chi connectivity index (χ1v) is 8.96. The van der Waals surface area contributed by atoms with Gasteiger partial charge >= 0.3 is 0 Å². The third-order valence-corrected chi connectivity index (χ3v) is 4.85. The van der Waals surface area contributed by atoms with Crippen LogP contribution in [0.5, 0.6) is 5.75 Å². The lowest BCUT2D eigenvalue weighted by Gasteiger charge is -2.26. The number of hydrogen-bond donors (Lipinski definition) is 2. The van der Waals surface area contributed by atoms with E-state index in [0.29, 0.717) is 13.2 Å². The van der Waals surface area contributed by atoms with E-state index in [1.165, 1.54) is 5.56 Å². The summed E-state index contributed by atoms with van der Waals surface area (Å²) < 4.78 is 5.87. The Hall–Kier alpha value is -1.89. The minimum atomic E-state index is -0.344. The summed E-state index contributed by atoms with van der Waals surface area (Å²) in [6.45, 7) is 5.80. The van der Waals surface area contributed by atoms with Gasteiger partial charge in [0.25, 0.3) is 0 Å². The number of aliphatic hydroxyl groups is 1. The van der Waals surface area contributed by atoms with E-state index >= 15 is 0 Å². The van der Waals surface area contributed by atoms with Crippen LogP contribution in [0, 0.1) is 0 Å². The third-order valence-electron chi connectivity index (χ3n) is 4.85. The first-order valence-electron chi connectivity index (χ1n) is 8.96. The molecule has 1 aliphatic heterocycles. The number of hydrogen-bond acceptors (Lipinski definition) is 5. The van der Waals surface area contributed by atoms with Gasteiger partial charge in [0.1, 0.15) is 18.2 Å². The molecule has 0 radical (unpaired) electrons. The van der Waals surface area contributed by atoms with Crippen LogP contribution in [0.3, 0.4) is 0 Å². The molecule has 0 spiro atoms. The molecule has 1 aliphatic rings. The van der Waals surface area contributed by atoms with Gasteiger partial charge in [-0.2, -0.15) is 0 Å². The van der Waals surface area contributed by atoms with Crippen LogP contribution in [0.2, 0.25) is 0 Å². The molecule has 1 saturated heterocycles. The average Bonchev–Trinajstić information content (AvgIpc) is 3.25. The highest BCUT2D eigenvalue weighted by atomic mass is 16.5. The summed E-state index contributed by atoms with van der Waals surface area (Å²) in [7, 11) is 2.05. The van der Waals surface area contributed by atoms with Gasteiger partial charge in [-0.15, -0.1) is 0 Å². The first kappa shape index (κ1) is 17.9. The molecule has 3 rings (SSSR count). The number of nitrogens with one attached hydrogen (secondary N) is 1. The number of aliphatic hydroxyl groups excluding tert-OH is 1. The molecule has 6 nitrogen and oxygen atoms in total. The van der Waals surface area contributed by atoms with Crippen molar-refractivity contribution < 1.29 is 9.84 Å². The van der Waals surface area contributed by atoms with Crippen LogP contribution < -0.4 is 4.74 Å². The molecule has 1 aromatic heterocycles.